The molecule has 0 amide bonds. The van der Waals surface area contributed by atoms with E-state index in [0.717, 1.165) is 10.8 Å². The van der Waals surface area contributed by atoms with Crippen LogP contribution in [0.4, 0.5) is 0 Å². The summed E-state index contributed by atoms with van der Waals surface area (Å²) in [6.45, 7) is 1.61. The Morgan fingerprint density at radius 1 is 1.19 bits per heavy atom. The molecule has 0 aromatic heterocycles. The van der Waals surface area contributed by atoms with Gasteiger partial charge in [-0.05, 0) is 17.7 Å². The number of cyclic esters (lactones) is 1. The highest BCUT2D eigenvalue weighted by Gasteiger charge is 2.47. The molecule has 3 unspecified atom stereocenters. The van der Waals surface area contributed by atoms with Gasteiger partial charge in [0, 0.05) is 17.1 Å². The molecule has 0 saturated carbocycles. The number of carbonyl (C=O) groups excluding carboxylic acids is 3. The van der Waals surface area contributed by atoms with Crippen LogP contribution < -0.4 is 4.74 Å². The molecule has 6 heteroatoms. The van der Waals surface area contributed by atoms with Gasteiger partial charge in [-0.2, -0.15) is 11.8 Å². The van der Waals surface area contributed by atoms with E-state index in [2.05, 4.69) is 0 Å². The summed E-state index contributed by atoms with van der Waals surface area (Å²) in [4.78, 5) is 36.8. The summed E-state index contributed by atoms with van der Waals surface area (Å²) in [5, 5.41) is 2.02. The molecule has 0 spiro atoms. The normalized spacial score (nSPS) is 20.8. The van der Waals surface area contributed by atoms with Crippen molar-refractivity contribution < 1.29 is 23.9 Å². The van der Waals surface area contributed by atoms with Gasteiger partial charge in [0.15, 0.2) is 23.6 Å². The van der Waals surface area contributed by atoms with Crippen LogP contribution in [0.5, 0.6) is 5.75 Å². The number of hydrogen-bond donors (Lipinski definition) is 0. The lowest BCUT2D eigenvalue weighted by Gasteiger charge is -2.12. The molecule has 1 heterocycles. The van der Waals surface area contributed by atoms with Crippen LogP contribution in [-0.2, 0) is 19.1 Å². The molecule has 0 aliphatic carbocycles. The van der Waals surface area contributed by atoms with Crippen LogP contribution >= 0.6 is 11.8 Å². The number of thioether (sulfide) groups is 1. The molecule has 3 rings (SSSR count). The van der Waals surface area contributed by atoms with Crippen LogP contribution in [0.2, 0.25) is 0 Å². The van der Waals surface area contributed by atoms with Crippen molar-refractivity contribution in [2.45, 2.75) is 24.7 Å². The Morgan fingerprint density at radius 2 is 1.92 bits per heavy atom. The van der Waals surface area contributed by atoms with E-state index in [0.29, 0.717) is 12.2 Å². The molecule has 2 aromatic carbocycles. The number of benzene rings is 2. The monoisotopic (exact) mass is 372 g/mol. The maximum atomic E-state index is 12.4. The molecule has 26 heavy (non-hydrogen) atoms. The zero-order chi connectivity index (χ0) is 18.7. The van der Waals surface area contributed by atoms with Crippen LogP contribution in [0.1, 0.15) is 13.3 Å². The molecular weight excluding hydrogens is 352 g/mol. The SMILES string of the molecule is CSC(C)CC1OC(=O)C(C(=O)COc2cccc3ccccc23)C1=O. The first-order valence-corrected chi connectivity index (χ1v) is 9.70. The first-order chi connectivity index (χ1) is 12.5. The third kappa shape index (κ3) is 3.75. The summed E-state index contributed by atoms with van der Waals surface area (Å²) in [6.07, 6.45) is 1.50. The molecule has 0 N–H and O–H groups in total. The lowest BCUT2D eigenvalue weighted by molar-refractivity contribution is -0.147. The molecule has 1 fully saturated rings. The van der Waals surface area contributed by atoms with E-state index in [1.807, 2.05) is 49.6 Å². The Bertz CT molecular complexity index is 842. The number of rotatable bonds is 7. The Morgan fingerprint density at radius 3 is 2.69 bits per heavy atom. The minimum absolute atomic E-state index is 0.164. The van der Waals surface area contributed by atoms with Gasteiger partial charge >= 0.3 is 5.97 Å². The average molecular weight is 372 g/mol. The molecule has 0 bridgehead atoms. The van der Waals surface area contributed by atoms with Gasteiger partial charge in [0.05, 0.1) is 0 Å². The average Bonchev–Trinajstić information content (AvgIpc) is 2.92. The summed E-state index contributed by atoms with van der Waals surface area (Å²) < 4.78 is 10.7. The minimum Gasteiger partial charge on any atom is -0.485 e. The number of esters is 1. The standard InChI is InChI=1S/C20H20O5S/c1-12(26-2)10-17-19(22)18(20(23)25-17)15(21)11-24-16-9-5-7-13-6-3-4-8-14(13)16/h3-9,12,17-18H,10-11H2,1-2H3. The molecular formula is C20H20O5S. The van der Waals surface area contributed by atoms with Crippen LogP contribution in [0.25, 0.3) is 10.8 Å². The van der Waals surface area contributed by atoms with Crippen molar-refractivity contribution in [2.75, 3.05) is 12.9 Å². The molecule has 2 aromatic rings. The molecule has 0 radical (unpaired) electrons. The van der Waals surface area contributed by atoms with Crippen molar-refractivity contribution in [3.8, 4) is 5.75 Å². The van der Waals surface area contributed by atoms with Crippen LogP contribution in [0, 0.1) is 5.92 Å². The van der Waals surface area contributed by atoms with Gasteiger partial charge in [-0.25, -0.2) is 0 Å². The highest BCUT2D eigenvalue weighted by atomic mass is 32.2. The second kappa shape index (κ2) is 7.91. The summed E-state index contributed by atoms with van der Waals surface area (Å²) in [6, 6.07) is 13.2. The van der Waals surface area contributed by atoms with Gasteiger partial charge in [0.2, 0.25) is 0 Å². The van der Waals surface area contributed by atoms with Crippen molar-refractivity contribution in [2.24, 2.45) is 5.92 Å². The fraction of sp³-hybridized carbons (Fsp3) is 0.350. The smallest absolute Gasteiger partial charge is 0.325 e. The van der Waals surface area contributed by atoms with Gasteiger partial charge in [0.1, 0.15) is 12.4 Å². The van der Waals surface area contributed by atoms with Crippen molar-refractivity contribution in [3.63, 3.8) is 0 Å². The summed E-state index contributed by atoms with van der Waals surface area (Å²) >= 11 is 1.58. The fourth-order valence-electron chi connectivity index (χ4n) is 2.97. The summed E-state index contributed by atoms with van der Waals surface area (Å²) in [5.41, 5.74) is 0. The van der Waals surface area contributed by atoms with Crippen molar-refractivity contribution in [3.05, 3.63) is 42.5 Å². The van der Waals surface area contributed by atoms with Gasteiger partial charge < -0.3 is 9.47 Å². The zero-order valence-corrected chi connectivity index (χ0v) is 15.5. The maximum absolute atomic E-state index is 12.4. The van der Waals surface area contributed by atoms with E-state index in [1.54, 1.807) is 17.8 Å². The lowest BCUT2D eigenvalue weighted by atomic mass is 9.97. The lowest BCUT2D eigenvalue weighted by Crippen LogP contribution is -2.32. The van der Waals surface area contributed by atoms with Gasteiger partial charge in [-0.15, -0.1) is 0 Å². The fourth-order valence-corrected chi connectivity index (χ4v) is 3.34. The third-order valence-electron chi connectivity index (χ3n) is 4.49. The largest absolute Gasteiger partial charge is 0.485 e. The molecule has 3 atom stereocenters. The van der Waals surface area contributed by atoms with E-state index in [9.17, 15) is 14.4 Å². The Labute approximate surface area is 156 Å². The van der Waals surface area contributed by atoms with E-state index in [1.165, 1.54) is 0 Å². The highest BCUT2D eigenvalue weighted by Crippen LogP contribution is 2.27. The summed E-state index contributed by atoms with van der Waals surface area (Å²) in [5.74, 6) is -2.61. The van der Waals surface area contributed by atoms with Crippen molar-refractivity contribution in [1.82, 2.24) is 0 Å². The van der Waals surface area contributed by atoms with E-state index >= 15 is 0 Å². The zero-order valence-electron chi connectivity index (χ0n) is 14.6. The Kier molecular flexibility index (Phi) is 5.61. The Balaban J connectivity index is 1.68. The van der Waals surface area contributed by atoms with E-state index in [4.69, 9.17) is 9.47 Å². The number of fused-ring (bicyclic) bond motifs is 1. The number of Topliss-reactive ketones (excluding diaryl/α,β-unsaturated/α-hetero) is 2. The quantitative estimate of drug-likeness (QED) is 0.550. The van der Waals surface area contributed by atoms with Crippen molar-refractivity contribution in [1.29, 1.82) is 0 Å². The number of carbonyl (C=O) groups is 3. The Hall–Kier alpha value is -2.34. The molecule has 1 aliphatic heterocycles. The second-order valence-corrected chi connectivity index (χ2v) is 7.55. The van der Waals surface area contributed by atoms with Crippen LogP contribution in [0.3, 0.4) is 0 Å². The van der Waals surface area contributed by atoms with Gasteiger partial charge in [0.25, 0.3) is 0 Å². The second-order valence-electron chi connectivity index (χ2n) is 6.28. The van der Waals surface area contributed by atoms with Crippen LogP contribution in [0.15, 0.2) is 42.5 Å². The third-order valence-corrected chi connectivity index (χ3v) is 5.48. The van der Waals surface area contributed by atoms with Gasteiger partial charge in [-0.1, -0.05) is 43.3 Å². The number of ether oxygens (including phenoxy) is 2. The topological polar surface area (TPSA) is 69.7 Å². The number of hydrogen-bond acceptors (Lipinski definition) is 6. The summed E-state index contributed by atoms with van der Waals surface area (Å²) in [7, 11) is 0. The van der Waals surface area contributed by atoms with E-state index < -0.39 is 29.6 Å². The first-order valence-electron chi connectivity index (χ1n) is 8.41. The van der Waals surface area contributed by atoms with Gasteiger partial charge in [-0.3, -0.25) is 14.4 Å². The van der Waals surface area contributed by atoms with Crippen molar-refractivity contribution >= 4 is 40.1 Å². The van der Waals surface area contributed by atoms with E-state index in [-0.39, 0.29) is 11.9 Å². The molecule has 1 saturated heterocycles. The maximum Gasteiger partial charge on any atom is 0.325 e. The predicted octanol–water partition coefficient (Wildman–Crippen LogP) is 3.04. The predicted molar refractivity (Wildman–Crippen MR) is 100 cm³/mol. The molecule has 136 valence electrons. The molecule has 5 nitrogen and oxygen atoms in total. The molecule has 1 aliphatic rings. The highest BCUT2D eigenvalue weighted by molar-refractivity contribution is 7.99. The number of ketones is 2. The minimum atomic E-state index is -1.37. The first kappa shape index (κ1) is 18.5. The van der Waals surface area contributed by atoms with Crippen LogP contribution in [-0.4, -0.2) is 41.8 Å².